The molecule has 1 aromatic heterocycles. The van der Waals surface area contributed by atoms with E-state index in [1.165, 1.54) is 4.57 Å². The Morgan fingerprint density at radius 1 is 1.38 bits per heavy atom. The fourth-order valence-electron chi connectivity index (χ4n) is 2.03. The highest BCUT2D eigenvalue weighted by molar-refractivity contribution is 5.66. The van der Waals surface area contributed by atoms with Crippen molar-refractivity contribution in [3.8, 4) is 5.75 Å². The summed E-state index contributed by atoms with van der Waals surface area (Å²) < 4.78 is 1.47. The van der Waals surface area contributed by atoms with Crippen LogP contribution in [0.25, 0.3) is 0 Å². The van der Waals surface area contributed by atoms with Gasteiger partial charge in [-0.05, 0) is 7.05 Å². The van der Waals surface area contributed by atoms with Gasteiger partial charge in [0.1, 0.15) is 0 Å². The maximum atomic E-state index is 11.7. The normalized spacial score (nSPS) is 11.0. The summed E-state index contributed by atoms with van der Waals surface area (Å²) in [6.07, 6.45) is -0.0683. The van der Waals surface area contributed by atoms with Gasteiger partial charge in [0.05, 0.1) is 25.3 Å². The Balaban J connectivity index is 3.10. The van der Waals surface area contributed by atoms with E-state index in [2.05, 4.69) is 0 Å². The summed E-state index contributed by atoms with van der Waals surface area (Å²) in [6, 6.07) is 1.12. The molecule has 118 valence electrons. The lowest BCUT2D eigenvalue weighted by Crippen LogP contribution is -2.27. The molecule has 0 spiro atoms. The first-order valence-corrected chi connectivity index (χ1v) is 6.47. The van der Waals surface area contributed by atoms with E-state index in [9.17, 15) is 19.8 Å². The number of hydrogen-bond acceptors (Lipinski definition) is 6. The van der Waals surface area contributed by atoms with Gasteiger partial charge < -0.3 is 25.0 Å². The monoisotopic (exact) mass is 300 g/mol. The Bertz CT molecular complexity index is 554. The lowest BCUT2D eigenvalue weighted by Gasteiger charge is -2.22. The van der Waals surface area contributed by atoms with Gasteiger partial charge in [0.15, 0.2) is 5.75 Å². The fourth-order valence-corrected chi connectivity index (χ4v) is 2.03. The molecule has 0 fully saturated rings. The first kappa shape index (κ1) is 17.2. The van der Waals surface area contributed by atoms with Crippen molar-refractivity contribution < 1.29 is 25.2 Å². The molecule has 0 aliphatic heterocycles. The molecule has 0 amide bonds. The number of nitrogens with zero attached hydrogens (tertiary/aromatic N) is 2. The van der Waals surface area contributed by atoms with Crippen LogP contribution in [0.15, 0.2) is 10.9 Å². The number of carbonyl (C=O) groups is 1. The van der Waals surface area contributed by atoms with Crippen LogP contribution in [0.5, 0.6) is 5.75 Å². The summed E-state index contributed by atoms with van der Waals surface area (Å²) in [5.74, 6) is -1.40. The highest BCUT2D eigenvalue weighted by Gasteiger charge is 2.16. The minimum Gasteiger partial charge on any atom is -0.503 e. The summed E-state index contributed by atoms with van der Waals surface area (Å²) in [4.78, 5) is 23.9. The van der Waals surface area contributed by atoms with E-state index in [4.69, 9.17) is 10.2 Å². The zero-order chi connectivity index (χ0) is 16.0. The zero-order valence-corrected chi connectivity index (χ0v) is 11.8. The number of aromatic hydroxyl groups is 1. The van der Waals surface area contributed by atoms with Crippen molar-refractivity contribution in [1.82, 2.24) is 9.47 Å². The number of aliphatic hydroxyl groups is 2. The van der Waals surface area contributed by atoms with Gasteiger partial charge in [0, 0.05) is 31.4 Å². The van der Waals surface area contributed by atoms with Crippen molar-refractivity contribution in [3.63, 3.8) is 0 Å². The second-order valence-corrected chi connectivity index (χ2v) is 4.71. The number of carboxylic acids is 1. The predicted molar refractivity (Wildman–Crippen MR) is 74.0 cm³/mol. The lowest BCUT2D eigenvalue weighted by molar-refractivity contribution is -0.137. The molecule has 8 nitrogen and oxygen atoms in total. The van der Waals surface area contributed by atoms with Crippen LogP contribution in [-0.4, -0.2) is 56.1 Å². The van der Waals surface area contributed by atoms with Crippen LogP contribution in [0, 0.1) is 0 Å². The van der Waals surface area contributed by atoms with Gasteiger partial charge in [-0.3, -0.25) is 14.5 Å². The van der Waals surface area contributed by atoms with Crippen molar-refractivity contribution in [2.24, 2.45) is 0 Å². The highest BCUT2D eigenvalue weighted by atomic mass is 16.4. The SMILES string of the molecule is CN(CCC(=O)O)Cc1c(O)c(=O)cc(CO)n1CCO. The number of hydrogen-bond donors (Lipinski definition) is 4. The van der Waals surface area contributed by atoms with Gasteiger partial charge in [0.25, 0.3) is 0 Å². The molecule has 0 unspecified atom stereocenters. The van der Waals surface area contributed by atoms with E-state index in [-0.39, 0.29) is 44.0 Å². The molecule has 1 heterocycles. The van der Waals surface area contributed by atoms with Gasteiger partial charge >= 0.3 is 5.97 Å². The molecule has 21 heavy (non-hydrogen) atoms. The number of aromatic nitrogens is 1. The molecule has 0 bridgehead atoms. The van der Waals surface area contributed by atoms with E-state index < -0.39 is 23.8 Å². The quantitative estimate of drug-likeness (QED) is 0.483. The Labute approximate surface area is 121 Å². The fraction of sp³-hybridized carbons (Fsp3) is 0.538. The minimum atomic E-state index is -0.942. The third-order valence-corrected chi connectivity index (χ3v) is 3.09. The average Bonchev–Trinajstić information content (AvgIpc) is 2.44. The molecule has 8 heteroatoms. The van der Waals surface area contributed by atoms with Crippen LogP contribution < -0.4 is 5.43 Å². The van der Waals surface area contributed by atoms with Crippen LogP contribution in [0.1, 0.15) is 17.8 Å². The highest BCUT2D eigenvalue weighted by Crippen LogP contribution is 2.17. The molecule has 0 radical (unpaired) electrons. The third-order valence-electron chi connectivity index (χ3n) is 3.09. The summed E-state index contributed by atoms with van der Waals surface area (Å²) in [7, 11) is 1.65. The topological polar surface area (TPSA) is 123 Å². The molecule has 0 aromatic carbocycles. The Morgan fingerprint density at radius 2 is 2.05 bits per heavy atom. The predicted octanol–water partition coefficient (Wildman–Crippen LogP) is -1.05. The van der Waals surface area contributed by atoms with E-state index in [1.807, 2.05) is 0 Å². The first-order chi connectivity index (χ1) is 9.90. The van der Waals surface area contributed by atoms with Gasteiger partial charge in [-0.15, -0.1) is 0 Å². The second kappa shape index (κ2) is 7.77. The molecule has 1 rings (SSSR count). The number of aliphatic hydroxyl groups excluding tert-OH is 2. The molecule has 1 aromatic rings. The van der Waals surface area contributed by atoms with Crippen molar-refractivity contribution in [1.29, 1.82) is 0 Å². The van der Waals surface area contributed by atoms with Gasteiger partial charge in [-0.25, -0.2) is 0 Å². The molecule has 0 aliphatic carbocycles. The first-order valence-electron chi connectivity index (χ1n) is 6.47. The molecular weight excluding hydrogens is 280 g/mol. The number of pyridine rings is 1. The van der Waals surface area contributed by atoms with E-state index in [0.717, 1.165) is 6.07 Å². The minimum absolute atomic E-state index is 0.0683. The smallest absolute Gasteiger partial charge is 0.304 e. The Kier molecular flexibility index (Phi) is 6.35. The van der Waals surface area contributed by atoms with Crippen LogP contribution >= 0.6 is 0 Å². The van der Waals surface area contributed by atoms with Gasteiger partial charge in [0.2, 0.25) is 5.43 Å². The van der Waals surface area contributed by atoms with Crippen molar-refractivity contribution in [3.05, 3.63) is 27.7 Å². The summed E-state index contributed by atoms with van der Waals surface area (Å²) in [6.45, 7) is -0.137. The van der Waals surface area contributed by atoms with Gasteiger partial charge in [-0.1, -0.05) is 0 Å². The van der Waals surface area contributed by atoms with Crippen molar-refractivity contribution in [2.45, 2.75) is 26.1 Å². The van der Waals surface area contributed by atoms with Crippen LogP contribution in [-0.2, 0) is 24.5 Å². The molecule has 0 atom stereocenters. The second-order valence-electron chi connectivity index (χ2n) is 4.71. The summed E-state index contributed by atoms with van der Waals surface area (Å²) in [5, 5.41) is 36.9. The van der Waals surface area contributed by atoms with Crippen molar-refractivity contribution >= 4 is 5.97 Å². The Morgan fingerprint density at radius 3 is 2.57 bits per heavy atom. The largest absolute Gasteiger partial charge is 0.503 e. The molecule has 0 saturated carbocycles. The summed E-state index contributed by atoms with van der Waals surface area (Å²) >= 11 is 0. The van der Waals surface area contributed by atoms with Crippen LogP contribution in [0.4, 0.5) is 0 Å². The zero-order valence-electron chi connectivity index (χ0n) is 11.8. The van der Waals surface area contributed by atoms with Crippen LogP contribution in [0.3, 0.4) is 0 Å². The standard InChI is InChI=1S/C13H20N2O6/c1-14(3-2-12(19)20)7-10-13(21)11(18)6-9(8-17)15(10)4-5-16/h6,16-17,21H,2-5,7-8H2,1H3,(H,19,20). The van der Waals surface area contributed by atoms with E-state index in [1.54, 1.807) is 11.9 Å². The average molecular weight is 300 g/mol. The maximum absolute atomic E-state index is 11.7. The molecular formula is C13H20N2O6. The summed E-state index contributed by atoms with van der Waals surface area (Å²) in [5.41, 5.74) is -0.0863. The van der Waals surface area contributed by atoms with Crippen molar-refractivity contribution in [2.75, 3.05) is 20.2 Å². The Hall–Kier alpha value is -1.90. The van der Waals surface area contributed by atoms with E-state index >= 15 is 0 Å². The van der Waals surface area contributed by atoms with E-state index in [0.29, 0.717) is 0 Å². The third kappa shape index (κ3) is 4.55. The lowest BCUT2D eigenvalue weighted by atomic mass is 10.2. The maximum Gasteiger partial charge on any atom is 0.304 e. The number of carboxylic acid groups (broad SMARTS) is 1. The van der Waals surface area contributed by atoms with Gasteiger partial charge in [-0.2, -0.15) is 0 Å². The molecule has 0 saturated heterocycles. The molecule has 0 aliphatic rings. The molecule has 4 N–H and O–H groups in total. The number of rotatable bonds is 8. The number of aliphatic carboxylic acids is 1. The van der Waals surface area contributed by atoms with Crippen LogP contribution in [0.2, 0.25) is 0 Å².